The molecule has 0 bridgehead atoms. The molecule has 4 heteroatoms. The van der Waals surface area contributed by atoms with Crippen LogP contribution >= 0.6 is 31.9 Å². The van der Waals surface area contributed by atoms with E-state index in [0.29, 0.717) is 0 Å². The summed E-state index contributed by atoms with van der Waals surface area (Å²) in [5.41, 5.74) is 6.99. The Morgan fingerprint density at radius 1 is 0.647 bits per heavy atom. The predicted molar refractivity (Wildman–Crippen MR) is 147 cm³/mol. The molecule has 2 aromatic carbocycles. The van der Waals surface area contributed by atoms with E-state index in [1.54, 1.807) is 18.2 Å². The first kappa shape index (κ1) is 23.2. The molecule has 0 saturated heterocycles. The standard InChI is InChI=1S/C30H26Br2O2/c1-19-18-21(6-9-27(19)34)30(20-4-7-22(33)8-5-20)25-12-16-28(2,31)14-10-23(25)24-11-15-29(3,32)17-13-26(24)30/h4-18,33-34H,1-3H3. The quantitative estimate of drug-likeness (QED) is 0.357. The Kier molecular flexibility index (Phi) is 5.46. The summed E-state index contributed by atoms with van der Waals surface area (Å²) in [6.45, 7) is 6.19. The number of hydrogen-bond donors (Lipinski definition) is 2. The number of phenolic OH excluding ortho intramolecular Hbond substituents is 2. The molecule has 2 atom stereocenters. The van der Waals surface area contributed by atoms with Gasteiger partial charge in [0, 0.05) is 0 Å². The summed E-state index contributed by atoms with van der Waals surface area (Å²) < 4.78 is -0.532. The van der Waals surface area contributed by atoms with E-state index in [2.05, 4.69) is 100 Å². The van der Waals surface area contributed by atoms with Crippen molar-refractivity contribution in [3.63, 3.8) is 0 Å². The van der Waals surface area contributed by atoms with Crippen LogP contribution in [-0.4, -0.2) is 18.9 Å². The molecule has 0 heterocycles. The fraction of sp³-hybridized carbons (Fsp3) is 0.200. The number of alkyl halides is 2. The van der Waals surface area contributed by atoms with Crippen LogP contribution in [0.2, 0.25) is 0 Å². The predicted octanol–water partition coefficient (Wildman–Crippen LogP) is 7.86. The lowest BCUT2D eigenvalue weighted by molar-refractivity contribution is 0.470. The van der Waals surface area contributed by atoms with Crippen LogP contribution in [0.5, 0.6) is 11.5 Å². The average Bonchev–Trinajstić information content (AvgIpc) is 2.84. The van der Waals surface area contributed by atoms with Gasteiger partial charge in [0.2, 0.25) is 0 Å². The van der Waals surface area contributed by atoms with Crippen molar-refractivity contribution in [1.29, 1.82) is 0 Å². The Balaban J connectivity index is 1.94. The average molecular weight is 578 g/mol. The van der Waals surface area contributed by atoms with Gasteiger partial charge in [0.1, 0.15) is 11.5 Å². The lowest BCUT2D eigenvalue weighted by atomic mass is 9.65. The van der Waals surface area contributed by atoms with Crippen molar-refractivity contribution in [3.05, 3.63) is 130 Å². The number of rotatable bonds is 2. The molecule has 0 amide bonds. The maximum atomic E-state index is 10.3. The number of aromatic hydroxyl groups is 2. The highest BCUT2D eigenvalue weighted by atomic mass is 79.9. The molecule has 0 radical (unpaired) electrons. The molecule has 2 nitrogen and oxygen atoms in total. The summed E-state index contributed by atoms with van der Waals surface area (Å²) in [6.07, 6.45) is 17.6. The molecule has 0 fully saturated rings. The van der Waals surface area contributed by atoms with Crippen LogP contribution in [0.1, 0.15) is 30.5 Å². The first-order chi connectivity index (χ1) is 16.0. The molecule has 34 heavy (non-hydrogen) atoms. The van der Waals surface area contributed by atoms with Crippen LogP contribution in [0.15, 0.2) is 113 Å². The molecular weight excluding hydrogens is 552 g/mol. The van der Waals surface area contributed by atoms with Crippen LogP contribution in [0.25, 0.3) is 0 Å². The molecule has 0 spiro atoms. The van der Waals surface area contributed by atoms with Gasteiger partial charge in [0.25, 0.3) is 0 Å². The van der Waals surface area contributed by atoms with Crippen molar-refractivity contribution in [1.82, 2.24) is 0 Å². The third-order valence-corrected chi connectivity index (χ3v) is 7.97. The van der Waals surface area contributed by atoms with Crippen molar-refractivity contribution < 1.29 is 10.2 Å². The van der Waals surface area contributed by atoms with E-state index < -0.39 is 5.41 Å². The van der Waals surface area contributed by atoms with Gasteiger partial charge < -0.3 is 10.2 Å². The molecule has 2 unspecified atom stereocenters. The van der Waals surface area contributed by atoms with Crippen LogP contribution < -0.4 is 0 Å². The second-order valence-electron chi connectivity index (χ2n) is 9.59. The first-order valence-corrected chi connectivity index (χ1v) is 12.9. The fourth-order valence-corrected chi connectivity index (χ4v) is 5.64. The number of benzene rings is 2. The largest absolute Gasteiger partial charge is 0.508 e. The van der Waals surface area contributed by atoms with Crippen molar-refractivity contribution in [3.8, 4) is 11.5 Å². The van der Waals surface area contributed by atoms with E-state index in [-0.39, 0.29) is 20.1 Å². The normalized spacial score (nSPS) is 29.8. The topological polar surface area (TPSA) is 40.5 Å². The van der Waals surface area contributed by atoms with Gasteiger partial charge in [-0.25, -0.2) is 0 Å². The zero-order valence-electron chi connectivity index (χ0n) is 19.3. The number of aryl methyl sites for hydroxylation is 1. The van der Waals surface area contributed by atoms with E-state index in [0.717, 1.165) is 16.7 Å². The Bertz CT molecular complexity index is 1310. The van der Waals surface area contributed by atoms with Crippen LogP contribution in [0.3, 0.4) is 0 Å². The maximum Gasteiger partial charge on any atom is 0.118 e. The summed E-state index contributed by atoms with van der Waals surface area (Å²) in [4.78, 5) is 0. The molecule has 0 aromatic heterocycles. The van der Waals surface area contributed by atoms with Crippen molar-refractivity contribution in [2.75, 3.05) is 0 Å². The monoisotopic (exact) mass is 576 g/mol. The van der Waals surface area contributed by atoms with Gasteiger partial charge >= 0.3 is 0 Å². The highest BCUT2D eigenvalue weighted by Gasteiger charge is 2.48. The van der Waals surface area contributed by atoms with Gasteiger partial charge in [-0.15, -0.1) is 0 Å². The lowest BCUT2D eigenvalue weighted by Gasteiger charge is -2.36. The zero-order chi connectivity index (χ0) is 24.3. The second kappa shape index (κ2) is 8.00. The maximum absolute atomic E-state index is 10.3. The third-order valence-electron chi connectivity index (χ3n) is 6.91. The number of hydrogen-bond acceptors (Lipinski definition) is 2. The van der Waals surface area contributed by atoms with Gasteiger partial charge in [-0.05, 0) is 78.0 Å². The highest BCUT2D eigenvalue weighted by Crippen LogP contribution is 2.57. The van der Waals surface area contributed by atoms with E-state index >= 15 is 0 Å². The molecule has 172 valence electrons. The summed E-state index contributed by atoms with van der Waals surface area (Å²) >= 11 is 7.66. The Labute approximate surface area is 217 Å². The fourth-order valence-electron chi connectivity index (χ4n) is 5.11. The molecule has 3 aliphatic rings. The minimum atomic E-state index is -0.626. The number of allylic oxidation sites excluding steroid dienone is 12. The number of halogens is 2. The van der Waals surface area contributed by atoms with E-state index in [1.807, 2.05) is 25.1 Å². The van der Waals surface area contributed by atoms with E-state index in [9.17, 15) is 10.2 Å². The lowest BCUT2D eigenvalue weighted by Crippen LogP contribution is -2.30. The summed E-state index contributed by atoms with van der Waals surface area (Å²) in [5, 5.41) is 20.5. The molecule has 0 aliphatic heterocycles. The third kappa shape index (κ3) is 3.68. The van der Waals surface area contributed by atoms with Crippen molar-refractivity contribution >= 4 is 31.9 Å². The Morgan fingerprint density at radius 3 is 1.62 bits per heavy atom. The molecule has 2 aromatic rings. The van der Waals surface area contributed by atoms with Crippen molar-refractivity contribution in [2.45, 2.75) is 34.8 Å². The minimum absolute atomic E-state index is 0.232. The van der Waals surface area contributed by atoms with E-state index in [1.165, 1.54) is 22.3 Å². The number of fused-ring (bicyclic) bond motifs is 1. The molecule has 5 rings (SSSR count). The van der Waals surface area contributed by atoms with Gasteiger partial charge in [0.05, 0.1) is 14.1 Å². The zero-order valence-corrected chi connectivity index (χ0v) is 22.5. The van der Waals surface area contributed by atoms with Gasteiger partial charge in [0.15, 0.2) is 0 Å². The Morgan fingerprint density at radius 2 is 1.12 bits per heavy atom. The number of phenols is 2. The first-order valence-electron chi connectivity index (χ1n) is 11.3. The summed E-state index contributed by atoms with van der Waals surface area (Å²) in [5.74, 6) is 0.510. The minimum Gasteiger partial charge on any atom is -0.508 e. The second-order valence-corrected chi connectivity index (χ2v) is 13.0. The van der Waals surface area contributed by atoms with Crippen LogP contribution in [0, 0.1) is 6.92 Å². The smallest absolute Gasteiger partial charge is 0.118 e. The van der Waals surface area contributed by atoms with Gasteiger partial charge in [-0.3, -0.25) is 0 Å². The van der Waals surface area contributed by atoms with Crippen LogP contribution in [0.4, 0.5) is 0 Å². The van der Waals surface area contributed by atoms with Gasteiger partial charge in [-0.1, -0.05) is 105 Å². The SMILES string of the molecule is Cc1cc(C2(c3ccc(O)cc3)C3=C(C=CC(C)(Br)C=C3)C3=C2C=CC(C)(Br)C=C3)ccc1O. The van der Waals surface area contributed by atoms with E-state index in [4.69, 9.17) is 0 Å². The van der Waals surface area contributed by atoms with Crippen LogP contribution in [-0.2, 0) is 5.41 Å². The molecule has 3 aliphatic carbocycles. The Hall–Kier alpha value is -2.56. The molecular formula is C30H26Br2O2. The van der Waals surface area contributed by atoms with Gasteiger partial charge in [-0.2, -0.15) is 0 Å². The van der Waals surface area contributed by atoms with Crippen molar-refractivity contribution in [2.24, 2.45) is 0 Å². The summed E-state index contributed by atoms with van der Waals surface area (Å²) in [7, 11) is 0. The molecule has 0 saturated carbocycles. The highest BCUT2D eigenvalue weighted by molar-refractivity contribution is 9.10. The molecule has 2 N–H and O–H groups in total. The summed E-state index contributed by atoms with van der Waals surface area (Å²) in [6, 6.07) is 13.4.